The first-order valence-electron chi connectivity index (χ1n) is 4.07. The lowest BCUT2D eigenvalue weighted by atomic mass is 10.3. The van der Waals surface area contributed by atoms with Crippen LogP contribution in [-0.2, 0) is 4.79 Å². The van der Waals surface area contributed by atoms with Gasteiger partial charge in [0.25, 0.3) is 0 Å². The van der Waals surface area contributed by atoms with Crippen LogP contribution in [0, 0.1) is 17.0 Å². The highest BCUT2D eigenvalue weighted by atomic mass is 16.6. The van der Waals surface area contributed by atoms with Crippen LogP contribution in [-0.4, -0.2) is 27.5 Å². The van der Waals surface area contributed by atoms with E-state index in [4.69, 9.17) is 5.11 Å². The molecule has 0 unspecified atom stereocenters. The maximum Gasteiger partial charge on any atom is 0.322 e. The molecule has 0 saturated carbocycles. The van der Waals surface area contributed by atoms with Gasteiger partial charge in [-0.1, -0.05) is 0 Å². The predicted octanol–water partition coefficient (Wildman–Crippen LogP) is 0.795. The van der Waals surface area contributed by atoms with E-state index in [2.05, 4.69) is 10.3 Å². The first-order valence-corrected chi connectivity index (χ1v) is 4.07. The van der Waals surface area contributed by atoms with Crippen molar-refractivity contribution in [3.05, 3.63) is 27.9 Å². The molecule has 80 valence electrons. The predicted molar refractivity (Wildman–Crippen MR) is 51.8 cm³/mol. The van der Waals surface area contributed by atoms with E-state index in [1.807, 2.05) is 0 Å². The first kappa shape index (κ1) is 10.9. The molecular formula is C8H9N3O4. The molecule has 0 aromatic carbocycles. The quantitative estimate of drug-likeness (QED) is 0.563. The van der Waals surface area contributed by atoms with Gasteiger partial charge in [-0.3, -0.25) is 14.9 Å². The molecule has 0 fully saturated rings. The third kappa shape index (κ3) is 2.90. The Morgan fingerprint density at radius 3 is 2.93 bits per heavy atom. The van der Waals surface area contributed by atoms with E-state index in [0.717, 1.165) is 0 Å². The van der Waals surface area contributed by atoms with E-state index >= 15 is 0 Å². The van der Waals surface area contributed by atoms with E-state index in [9.17, 15) is 14.9 Å². The number of nitrogens with one attached hydrogen (secondary N) is 1. The zero-order valence-electron chi connectivity index (χ0n) is 7.93. The normalized spacial score (nSPS) is 9.67. The van der Waals surface area contributed by atoms with E-state index in [-0.39, 0.29) is 11.5 Å². The Balaban J connectivity index is 2.95. The molecule has 2 N–H and O–H groups in total. The topological polar surface area (TPSA) is 105 Å². The molecule has 7 heteroatoms. The molecule has 0 atom stereocenters. The molecule has 1 aromatic rings. The van der Waals surface area contributed by atoms with Crippen molar-refractivity contribution in [1.82, 2.24) is 4.98 Å². The molecule has 1 aromatic heterocycles. The third-order valence-corrected chi connectivity index (χ3v) is 1.61. The highest BCUT2D eigenvalue weighted by molar-refractivity contribution is 5.73. The van der Waals surface area contributed by atoms with Crippen LogP contribution < -0.4 is 5.32 Å². The van der Waals surface area contributed by atoms with Crippen LogP contribution in [0.5, 0.6) is 0 Å². The average Bonchev–Trinajstić information content (AvgIpc) is 2.15. The summed E-state index contributed by atoms with van der Waals surface area (Å²) in [5, 5.41) is 21.4. The lowest BCUT2D eigenvalue weighted by Crippen LogP contribution is -2.14. The monoisotopic (exact) mass is 211 g/mol. The zero-order valence-corrected chi connectivity index (χ0v) is 7.93. The summed E-state index contributed by atoms with van der Waals surface area (Å²) in [6.07, 6.45) is 1.43. The maximum atomic E-state index is 10.6. The Kier molecular flexibility index (Phi) is 3.17. The SMILES string of the molecule is Cc1cnc(NCC(=O)O)c([N+](=O)[O-])c1. The molecular weight excluding hydrogens is 202 g/mol. The fourth-order valence-corrected chi connectivity index (χ4v) is 0.988. The second-order valence-corrected chi connectivity index (χ2v) is 2.88. The molecule has 0 bridgehead atoms. The molecule has 0 radical (unpaired) electrons. The fraction of sp³-hybridized carbons (Fsp3) is 0.250. The molecule has 0 amide bonds. The molecule has 0 aliphatic carbocycles. The Bertz CT molecular complexity index is 405. The van der Waals surface area contributed by atoms with Gasteiger partial charge in [0.2, 0.25) is 5.82 Å². The van der Waals surface area contributed by atoms with E-state index < -0.39 is 17.4 Å². The Morgan fingerprint density at radius 2 is 2.40 bits per heavy atom. The Hall–Kier alpha value is -2.18. The first-order chi connectivity index (χ1) is 7.00. The van der Waals surface area contributed by atoms with Crippen LogP contribution in [0.25, 0.3) is 0 Å². The van der Waals surface area contributed by atoms with Gasteiger partial charge in [-0.05, 0) is 12.5 Å². The minimum absolute atomic E-state index is 0.0343. The van der Waals surface area contributed by atoms with Gasteiger partial charge < -0.3 is 10.4 Å². The van der Waals surface area contributed by atoms with Crippen LogP contribution in [0.15, 0.2) is 12.3 Å². The molecule has 15 heavy (non-hydrogen) atoms. The highest BCUT2D eigenvalue weighted by Crippen LogP contribution is 2.21. The standard InChI is InChI=1S/C8H9N3O4/c1-5-2-6(11(14)15)8(9-3-5)10-4-7(12)13/h2-3H,4H2,1H3,(H,9,10)(H,12,13). The van der Waals surface area contributed by atoms with Crippen molar-refractivity contribution in [2.75, 3.05) is 11.9 Å². The number of carbonyl (C=O) groups is 1. The van der Waals surface area contributed by atoms with Crippen molar-refractivity contribution >= 4 is 17.5 Å². The minimum Gasteiger partial charge on any atom is -0.480 e. The van der Waals surface area contributed by atoms with Crippen LogP contribution >= 0.6 is 0 Å². The zero-order chi connectivity index (χ0) is 11.4. The van der Waals surface area contributed by atoms with Gasteiger partial charge in [0, 0.05) is 12.3 Å². The summed E-state index contributed by atoms with van der Waals surface area (Å²) < 4.78 is 0. The number of aliphatic carboxylic acids is 1. The lowest BCUT2D eigenvalue weighted by Gasteiger charge is -2.03. The number of hydrogen-bond acceptors (Lipinski definition) is 5. The maximum absolute atomic E-state index is 10.6. The number of carboxylic acids is 1. The molecule has 0 aliphatic rings. The van der Waals surface area contributed by atoms with Crippen molar-refractivity contribution in [3.63, 3.8) is 0 Å². The van der Waals surface area contributed by atoms with Crippen LogP contribution in [0.4, 0.5) is 11.5 Å². The summed E-state index contributed by atoms with van der Waals surface area (Å²) in [6, 6.07) is 1.33. The van der Waals surface area contributed by atoms with Gasteiger partial charge in [-0.25, -0.2) is 4.98 Å². The van der Waals surface area contributed by atoms with Crippen molar-refractivity contribution in [1.29, 1.82) is 0 Å². The summed E-state index contributed by atoms with van der Waals surface area (Å²) in [4.78, 5) is 24.0. The number of aromatic nitrogens is 1. The molecule has 1 rings (SSSR count). The summed E-state index contributed by atoms with van der Waals surface area (Å²) in [6.45, 7) is 1.26. The largest absolute Gasteiger partial charge is 0.480 e. The number of aryl methyl sites for hydroxylation is 1. The van der Waals surface area contributed by atoms with Gasteiger partial charge in [0.15, 0.2) is 0 Å². The number of nitro groups is 1. The number of pyridine rings is 1. The van der Waals surface area contributed by atoms with Gasteiger partial charge in [0.1, 0.15) is 6.54 Å². The average molecular weight is 211 g/mol. The van der Waals surface area contributed by atoms with E-state index in [1.54, 1.807) is 6.92 Å². The molecule has 0 saturated heterocycles. The molecule has 0 aliphatic heterocycles. The van der Waals surface area contributed by atoms with Crippen LogP contribution in [0.1, 0.15) is 5.56 Å². The van der Waals surface area contributed by atoms with E-state index in [0.29, 0.717) is 5.56 Å². The van der Waals surface area contributed by atoms with Crippen molar-refractivity contribution in [2.45, 2.75) is 6.92 Å². The molecule has 1 heterocycles. The smallest absolute Gasteiger partial charge is 0.322 e. The molecule has 0 spiro atoms. The van der Waals surface area contributed by atoms with Crippen LogP contribution in [0.2, 0.25) is 0 Å². The minimum atomic E-state index is -1.10. The van der Waals surface area contributed by atoms with Gasteiger partial charge in [0.05, 0.1) is 4.92 Å². The second-order valence-electron chi connectivity index (χ2n) is 2.88. The van der Waals surface area contributed by atoms with E-state index in [1.165, 1.54) is 12.3 Å². The summed E-state index contributed by atoms with van der Waals surface area (Å²) >= 11 is 0. The van der Waals surface area contributed by atoms with Crippen molar-refractivity contribution in [2.24, 2.45) is 0 Å². The number of rotatable bonds is 4. The van der Waals surface area contributed by atoms with Crippen molar-refractivity contribution < 1.29 is 14.8 Å². The highest BCUT2D eigenvalue weighted by Gasteiger charge is 2.15. The molecule has 7 nitrogen and oxygen atoms in total. The number of nitrogens with zero attached hydrogens (tertiary/aromatic N) is 2. The summed E-state index contributed by atoms with van der Waals surface area (Å²) in [7, 11) is 0. The Labute approximate surface area is 84.9 Å². The number of carboxylic acid groups (broad SMARTS) is 1. The summed E-state index contributed by atoms with van der Waals surface area (Å²) in [5.74, 6) is -1.14. The second kappa shape index (κ2) is 4.36. The number of hydrogen-bond donors (Lipinski definition) is 2. The van der Waals surface area contributed by atoms with Crippen LogP contribution in [0.3, 0.4) is 0 Å². The number of anilines is 1. The van der Waals surface area contributed by atoms with Gasteiger partial charge >= 0.3 is 11.7 Å². The third-order valence-electron chi connectivity index (χ3n) is 1.61. The van der Waals surface area contributed by atoms with Gasteiger partial charge in [-0.2, -0.15) is 0 Å². The Morgan fingerprint density at radius 1 is 1.73 bits per heavy atom. The van der Waals surface area contributed by atoms with Crippen molar-refractivity contribution in [3.8, 4) is 0 Å². The summed E-state index contributed by atoms with van der Waals surface area (Å²) in [5.41, 5.74) is 0.416. The lowest BCUT2D eigenvalue weighted by molar-refractivity contribution is -0.384. The van der Waals surface area contributed by atoms with Gasteiger partial charge in [-0.15, -0.1) is 0 Å². The fourth-order valence-electron chi connectivity index (χ4n) is 0.988.